The second-order valence-electron chi connectivity index (χ2n) is 6.59. The molecular weight excluding hydrogens is 321 g/mol. The van der Waals surface area contributed by atoms with E-state index in [4.69, 9.17) is 4.74 Å². The molecule has 1 heterocycles. The van der Waals surface area contributed by atoms with Gasteiger partial charge < -0.3 is 9.64 Å². The maximum Gasteiger partial charge on any atom is 0.274 e. The molecule has 134 valence electrons. The number of carbonyl (C=O) groups is 1. The Labute approximate surface area is 147 Å². The minimum atomic E-state index is -0.283. The molecule has 1 aromatic heterocycles. The summed E-state index contributed by atoms with van der Waals surface area (Å²) in [6.45, 7) is 2.42. The number of carbonyl (C=O) groups excluding carboxylic acids is 1. The molecule has 5 nitrogen and oxygen atoms in total. The van der Waals surface area contributed by atoms with Gasteiger partial charge in [0.25, 0.3) is 5.91 Å². The van der Waals surface area contributed by atoms with Gasteiger partial charge in [-0.2, -0.15) is 5.10 Å². The summed E-state index contributed by atoms with van der Waals surface area (Å²) in [6.07, 6.45) is 3.86. The molecule has 25 heavy (non-hydrogen) atoms. The summed E-state index contributed by atoms with van der Waals surface area (Å²) < 4.78 is 20.2. The van der Waals surface area contributed by atoms with E-state index in [1.165, 1.54) is 12.1 Å². The molecule has 0 bridgehead atoms. The van der Waals surface area contributed by atoms with E-state index in [0.29, 0.717) is 12.3 Å². The second kappa shape index (κ2) is 7.35. The molecule has 1 amide bonds. The first kappa shape index (κ1) is 17.6. The largest absolute Gasteiger partial charge is 0.383 e. The number of likely N-dealkylation sites (N-methyl/N-ethyl adjacent to an activating group) is 1. The molecule has 1 aliphatic rings. The summed E-state index contributed by atoms with van der Waals surface area (Å²) in [5, 5.41) is 4.62. The highest BCUT2D eigenvalue weighted by atomic mass is 19.1. The monoisotopic (exact) mass is 345 g/mol. The lowest BCUT2D eigenvalue weighted by atomic mass is 9.95. The predicted octanol–water partition coefficient (Wildman–Crippen LogP) is 3.00. The summed E-state index contributed by atoms with van der Waals surface area (Å²) in [7, 11) is 3.40. The Bertz CT molecular complexity index is 755. The first-order valence-corrected chi connectivity index (χ1v) is 8.65. The van der Waals surface area contributed by atoms with Crippen LogP contribution in [-0.4, -0.2) is 47.4 Å². The van der Waals surface area contributed by atoms with Crippen molar-refractivity contribution in [3.8, 4) is 5.69 Å². The van der Waals surface area contributed by atoms with Crippen LogP contribution < -0.4 is 0 Å². The normalized spacial score (nSPS) is 14.9. The number of aromatic nitrogens is 2. The molecule has 3 rings (SSSR count). The zero-order chi connectivity index (χ0) is 18.0. The number of ether oxygens (including phenoxy) is 1. The number of halogens is 1. The Morgan fingerprint density at radius 2 is 2.00 bits per heavy atom. The van der Waals surface area contributed by atoms with E-state index in [9.17, 15) is 9.18 Å². The maximum atomic E-state index is 13.2. The molecule has 1 aliphatic carbocycles. The first-order chi connectivity index (χ1) is 12.0. The summed E-state index contributed by atoms with van der Waals surface area (Å²) >= 11 is 0. The fourth-order valence-corrected chi connectivity index (χ4v) is 3.29. The zero-order valence-electron chi connectivity index (χ0n) is 15.0. The van der Waals surface area contributed by atoms with E-state index in [0.717, 1.165) is 42.6 Å². The van der Waals surface area contributed by atoms with Gasteiger partial charge in [0.1, 0.15) is 5.82 Å². The molecule has 0 N–H and O–H groups in total. The molecule has 0 radical (unpaired) electrons. The van der Waals surface area contributed by atoms with Gasteiger partial charge in [-0.25, -0.2) is 9.07 Å². The van der Waals surface area contributed by atoms with Crippen LogP contribution in [0.2, 0.25) is 0 Å². The van der Waals surface area contributed by atoms with Crippen LogP contribution in [0.1, 0.15) is 41.5 Å². The van der Waals surface area contributed by atoms with Crippen LogP contribution in [0.25, 0.3) is 5.69 Å². The lowest BCUT2D eigenvalue weighted by Crippen LogP contribution is -2.38. The topological polar surface area (TPSA) is 47.4 Å². The molecule has 0 fully saturated rings. The Kier molecular flexibility index (Phi) is 5.18. The van der Waals surface area contributed by atoms with Crippen molar-refractivity contribution in [1.29, 1.82) is 0 Å². The van der Waals surface area contributed by atoms with Crippen molar-refractivity contribution in [3.05, 3.63) is 47.0 Å². The average Bonchev–Trinajstić information content (AvgIpc) is 3.01. The lowest BCUT2D eigenvalue weighted by molar-refractivity contribution is 0.0626. The highest BCUT2D eigenvalue weighted by molar-refractivity contribution is 5.94. The smallest absolute Gasteiger partial charge is 0.274 e. The van der Waals surface area contributed by atoms with Gasteiger partial charge in [-0.3, -0.25) is 4.79 Å². The number of nitrogens with zero attached hydrogens (tertiary/aromatic N) is 3. The van der Waals surface area contributed by atoms with E-state index < -0.39 is 0 Å². The molecule has 0 saturated heterocycles. The van der Waals surface area contributed by atoms with Crippen LogP contribution >= 0.6 is 0 Å². The SMILES string of the molecule is COC[C@@H](C)N(C)C(=O)c1nn(-c2ccc(F)cc2)c2c1CCCC2. The highest BCUT2D eigenvalue weighted by Gasteiger charge is 2.28. The van der Waals surface area contributed by atoms with Gasteiger partial charge in [0.2, 0.25) is 0 Å². The second-order valence-corrected chi connectivity index (χ2v) is 6.59. The Balaban J connectivity index is 2.00. The Morgan fingerprint density at radius 3 is 2.68 bits per heavy atom. The van der Waals surface area contributed by atoms with Crippen LogP contribution in [0.4, 0.5) is 4.39 Å². The minimum absolute atomic E-state index is 0.0345. The van der Waals surface area contributed by atoms with Crippen molar-refractivity contribution in [2.45, 2.75) is 38.6 Å². The van der Waals surface area contributed by atoms with Gasteiger partial charge in [0, 0.05) is 25.4 Å². The van der Waals surface area contributed by atoms with E-state index >= 15 is 0 Å². The molecule has 0 aliphatic heterocycles. The third kappa shape index (κ3) is 3.44. The molecule has 0 spiro atoms. The Hall–Kier alpha value is -2.21. The standard InChI is InChI=1S/C19H24FN3O2/c1-13(12-25-3)22(2)19(24)18-16-6-4-5-7-17(16)23(21-18)15-10-8-14(20)9-11-15/h8-11,13H,4-7,12H2,1-3H3/t13-/m1/s1. The maximum absolute atomic E-state index is 13.2. The van der Waals surface area contributed by atoms with E-state index in [2.05, 4.69) is 5.10 Å². The summed E-state index contributed by atoms with van der Waals surface area (Å²) in [5.74, 6) is -0.377. The van der Waals surface area contributed by atoms with Crippen LogP contribution in [0.5, 0.6) is 0 Å². The van der Waals surface area contributed by atoms with Crippen molar-refractivity contribution >= 4 is 5.91 Å². The zero-order valence-corrected chi connectivity index (χ0v) is 15.0. The molecule has 0 saturated carbocycles. The third-order valence-corrected chi connectivity index (χ3v) is 4.84. The van der Waals surface area contributed by atoms with Gasteiger partial charge in [0.15, 0.2) is 5.69 Å². The lowest BCUT2D eigenvalue weighted by Gasteiger charge is -2.24. The molecular formula is C19H24FN3O2. The van der Waals surface area contributed by atoms with Crippen molar-refractivity contribution in [2.24, 2.45) is 0 Å². The summed E-state index contributed by atoms with van der Waals surface area (Å²) in [5.41, 5.74) is 3.38. The van der Waals surface area contributed by atoms with E-state index in [-0.39, 0.29) is 17.8 Å². The third-order valence-electron chi connectivity index (χ3n) is 4.84. The van der Waals surface area contributed by atoms with Crippen LogP contribution in [-0.2, 0) is 17.6 Å². The molecule has 6 heteroatoms. The van der Waals surface area contributed by atoms with Crippen molar-refractivity contribution < 1.29 is 13.9 Å². The van der Waals surface area contributed by atoms with E-state index in [1.54, 1.807) is 35.9 Å². The number of rotatable bonds is 5. The predicted molar refractivity (Wildman–Crippen MR) is 93.6 cm³/mol. The first-order valence-electron chi connectivity index (χ1n) is 8.65. The minimum Gasteiger partial charge on any atom is -0.383 e. The van der Waals surface area contributed by atoms with Crippen molar-refractivity contribution in [3.63, 3.8) is 0 Å². The summed E-state index contributed by atoms with van der Waals surface area (Å²) in [4.78, 5) is 14.6. The van der Waals surface area contributed by atoms with Crippen LogP contribution in [0.3, 0.4) is 0 Å². The van der Waals surface area contributed by atoms with Crippen LogP contribution in [0.15, 0.2) is 24.3 Å². The van der Waals surface area contributed by atoms with Gasteiger partial charge in [-0.05, 0) is 56.9 Å². The molecule has 0 unspecified atom stereocenters. The fraction of sp³-hybridized carbons (Fsp3) is 0.474. The van der Waals surface area contributed by atoms with Gasteiger partial charge in [-0.15, -0.1) is 0 Å². The number of benzene rings is 1. The number of methoxy groups -OCH3 is 1. The quantitative estimate of drug-likeness (QED) is 0.837. The van der Waals surface area contributed by atoms with E-state index in [1.807, 2.05) is 6.92 Å². The fourth-order valence-electron chi connectivity index (χ4n) is 3.29. The number of hydrogen-bond donors (Lipinski definition) is 0. The van der Waals surface area contributed by atoms with Crippen molar-refractivity contribution in [1.82, 2.24) is 14.7 Å². The number of amides is 1. The molecule has 1 atom stereocenters. The Morgan fingerprint density at radius 1 is 1.32 bits per heavy atom. The molecule has 1 aromatic carbocycles. The van der Waals surface area contributed by atoms with Gasteiger partial charge in [-0.1, -0.05) is 0 Å². The van der Waals surface area contributed by atoms with Gasteiger partial charge in [0.05, 0.1) is 18.3 Å². The summed E-state index contributed by atoms with van der Waals surface area (Å²) in [6, 6.07) is 6.19. The van der Waals surface area contributed by atoms with Crippen molar-refractivity contribution in [2.75, 3.05) is 20.8 Å². The number of fused-ring (bicyclic) bond motifs is 1. The average molecular weight is 345 g/mol. The van der Waals surface area contributed by atoms with Gasteiger partial charge >= 0.3 is 0 Å². The number of hydrogen-bond acceptors (Lipinski definition) is 3. The highest BCUT2D eigenvalue weighted by Crippen LogP contribution is 2.28. The van der Waals surface area contributed by atoms with Crippen LogP contribution in [0, 0.1) is 5.82 Å². The molecule has 2 aromatic rings.